The third kappa shape index (κ3) is 6.16. The van der Waals surface area contributed by atoms with Crippen molar-refractivity contribution >= 4 is 17.8 Å². The quantitative estimate of drug-likeness (QED) is 0.469. The van der Waals surface area contributed by atoms with Crippen LogP contribution in [0.5, 0.6) is 0 Å². The van der Waals surface area contributed by atoms with Crippen molar-refractivity contribution in [1.29, 1.82) is 0 Å². The maximum absolute atomic E-state index is 13.3. The van der Waals surface area contributed by atoms with Gasteiger partial charge in [-0.15, -0.1) is 0 Å². The lowest BCUT2D eigenvalue weighted by Gasteiger charge is -2.53. The average molecular weight is 475 g/mol. The zero-order chi connectivity index (χ0) is 25.5. The van der Waals surface area contributed by atoms with Gasteiger partial charge in [0.2, 0.25) is 11.8 Å². The van der Waals surface area contributed by atoms with E-state index < -0.39 is 17.7 Å². The molecule has 0 saturated carbocycles. The molecule has 0 spiro atoms. The van der Waals surface area contributed by atoms with Gasteiger partial charge in [-0.1, -0.05) is 57.0 Å². The second-order valence-corrected chi connectivity index (χ2v) is 9.52. The number of benzene rings is 1. The highest BCUT2D eigenvalue weighted by molar-refractivity contribution is 6.03. The fraction of sp³-hybridized carbons (Fsp3) is 0.654. The number of carbonyl (C=O) groups is 3. The number of urea groups is 1. The van der Waals surface area contributed by atoms with Crippen molar-refractivity contribution in [3.05, 3.63) is 35.4 Å². The second kappa shape index (κ2) is 12.3. The minimum atomic E-state index is -0.788. The van der Waals surface area contributed by atoms with Gasteiger partial charge in [0.15, 0.2) is 6.23 Å². The zero-order valence-corrected chi connectivity index (χ0v) is 21.9. The van der Waals surface area contributed by atoms with E-state index in [2.05, 4.69) is 12.2 Å². The van der Waals surface area contributed by atoms with E-state index in [0.29, 0.717) is 19.4 Å². The lowest BCUT2D eigenvalue weighted by molar-refractivity contribution is -0.211. The third-order valence-electron chi connectivity index (χ3n) is 6.86. The van der Waals surface area contributed by atoms with Crippen LogP contribution in [-0.2, 0) is 14.3 Å². The summed E-state index contributed by atoms with van der Waals surface area (Å²) >= 11 is 0. The van der Waals surface area contributed by atoms with E-state index in [1.165, 1.54) is 0 Å². The molecule has 2 rings (SSSR count). The van der Waals surface area contributed by atoms with E-state index in [1.54, 1.807) is 11.9 Å². The number of hydrogen-bond donors (Lipinski definition) is 1. The van der Waals surface area contributed by atoms with Crippen LogP contribution in [0.25, 0.3) is 0 Å². The number of imide groups is 1. The molecule has 1 fully saturated rings. The highest BCUT2D eigenvalue weighted by atomic mass is 16.5. The molecule has 190 valence electrons. The Morgan fingerprint density at radius 3 is 2.24 bits per heavy atom. The highest BCUT2D eigenvalue weighted by Gasteiger charge is 2.62. The second-order valence-electron chi connectivity index (χ2n) is 9.52. The van der Waals surface area contributed by atoms with Crippen LogP contribution in [0.4, 0.5) is 4.79 Å². The summed E-state index contributed by atoms with van der Waals surface area (Å²) < 4.78 is 5.97. The Morgan fingerprint density at radius 2 is 1.71 bits per heavy atom. The predicted molar refractivity (Wildman–Crippen MR) is 133 cm³/mol. The number of nitrogens with one attached hydrogen (secondary N) is 1. The molecule has 8 nitrogen and oxygen atoms in total. The van der Waals surface area contributed by atoms with Crippen LogP contribution in [0.2, 0.25) is 0 Å². The first-order valence-electron chi connectivity index (χ1n) is 12.3. The molecule has 1 aliphatic heterocycles. The minimum Gasteiger partial charge on any atom is -0.347 e. The molecule has 1 aliphatic rings. The molecule has 1 unspecified atom stereocenters. The summed E-state index contributed by atoms with van der Waals surface area (Å²) in [5.74, 6) is -0.418. The Hall–Kier alpha value is -2.45. The monoisotopic (exact) mass is 474 g/mol. The highest BCUT2D eigenvalue weighted by Crippen LogP contribution is 2.46. The molecule has 1 aromatic rings. The number of amides is 4. The molecule has 0 aromatic heterocycles. The molecular formula is C26H42N4O4. The number of ether oxygens (including phenoxy) is 1. The topological polar surface area (TPSA) is 82.2 Å². The van der Waals surface area contributed by atoms with Crippen molar-refractivity contribution in [3.63, 3.8) is 0 Å². The SMILES string of the molecule is CCC[C@@H](NC(=O)N1C(=O)C(CC)(CC)C1OCC(=O)N(C)CCN(C)C)c1ccc(C)cc1. The van der Waals surface area contributed by atoms with Gasteiger partial charge in [0.25, 0.3) is 0 Å². The van der Waals surface area contributed by atoms with E-state index >= 15 is 0 Å². The number of likely N-dealkylation sites (tertiary alicyclic amines) is 1. The van der Waals surface area contributed by atoms with E-state index in [0.717, 1.165) is 35.4 Å². The smallest absolute Gasteiger partial charge is 0.326 e. The Bertz CT molecular complexity index is 836. The Morgan fingerprint density at radius 1 is 1.09 bits per heavy atom. The molecule has 0 aliphatic carbocycles. The van der Waals surface area contributed by atoms with E-state index in [1.807, 2.05) is 64.0 Å². The Labute approximate surface area is 204 Å². The van der Waals surface area contributed by atoms with Crippen LogP contribution >= 0.6 is 0 Å². The fourth-order valence-electron chi connectivity index (χ4n) is 4.33. The first-order chi connectivity index (χ1) is 16.1. The van der Waals surface area contributed by atoms with Crippen molar-refractivity contribution in [2.24, 2.45) is 5.41 Å². The zero-order valence-electron chi connectivity index (χ0n) is 21.9. The number of rotatable bonds is 12. The summed E-state index contributed by atoms with van der Waals surface area (Å²) in [6.07, 6.45) is 1.95. The van der Waals surface area contributed by atoms with Crippen LogP contribution in [0, 0.1) is 12.3 Å². The van der Waals surface area contributed by atoms with Gasteiger partial charge >= 0.3 is 6.03 Å². The fourth-order valence-corrected chi connectivity index (χ4v) is 4.33. The summed E-state index contributed by atoms with van der Waals surface area (Å²) in [5, 5.41) is 3.03. The summed E-state index contributed by atoms with van der Waals surface area (Å²) in [7, 11) is 5.63. The van der Waals surface area contributed by atoms with Gasteiger partial charge < -0.3 is 19.9 Å². The number of carbonyl (C=O) groups excluding carboxylic acids is 3. The summed E-state index contributed by atoms with van der Waals surface area (Å²) in [4.78, 5) is 43.8. The largest absolute Gasteiger partial charge is 0.347 e. The molecule has 1 N–H and O–H groups in total. The first-order valence-corrected chi connectivity index (χ1v) is 12.3. The van der Waals surface area contributed by atoms with Crippen LogP contribution in [-0.4, -0.2) is 79.6 Å². The number of nitrogens with zero attached hydrogens (tertiary/aromatic N) is 3. The Kier molecular flexibility index (Phi) is 10.1. The molecule has 1 saturated heterocycles. The van der Waals surface area contributed by atoms with Crippen LogP contribution < -0.4 is 5.32 Å². The van der Waals surface area contributed by atoms with Gasteiger partial charge in [0, 0.05) is 20.1 Å². The summed E-state index contributed by atoms with van der Waals surface area (Å²) in [5.41, 5.74) is 1.36. The lowest BCUT2D eigenvalue weighted by Crippen LogP contribution is -2.72. The van der Waals surface area contributed by atoms with Gasteiger partial charge in [-0.2, -0.15) is 0 Å². The molecule has 4 amide bonds. The normalized spacial score (nSPS) is 17.9. The number of β-lactam (4-membered cyclic amide) rings is 1. The van der Waals surface area contributed by atoms with Gasteiger partial charge in [0.1, 0.15) is 6.61 Å². The van der Waals surface area contributed by atoms with E-state index in [-0.39, 0.29) is 24.5 Å². The Balaban J connectivity index is 2.14. The molecule has 2 atom stereocenters. The molecular weight excluding hydrogens is 432 g/mol. The minimum absolute atomic E-state index is 0.175. The van der Waals surface area contributed by atoms with Crippen molar-refractivity contribution in [2.75, 3.05) is 40.8 Å². The molecule has 0 radical (unpaired) electrons. The summed E-state index contributed by atoms with van der Waals surface area (Å²) in [6.45, 7) is 9.06. The van der Waals surface area contributed by atoms with Crippen molar-refractivity contribution in [1.82, 2.24) is 20.0 Å². The van der Waals surface area contributed by atoms with Gasteiger partial charge in [-0.25, -0.2) is 9.69 Å². The van der Waals surface area contributed by atoms with Crippen LogP contribution in [0.3, 0.4) is 0 Å². The molecule has 1 heterocycles. The molecule has 8 heteroatoms. The average Bonchev–Trinajstić information content (AvgIpc) is 2.80. The van der Waals surface area contributed by atoms with E-state index in [4.69, 9.17) is 4.74 Å². The first kappa shape index (κ1) is 27.8. The van der Waals surface area contributed by atoms with Gasteiger partial charge in [0.05, 0.1) is 11.5 Å². The van der Waals surface area contributed by atoms with E-state index in [9.17, 15) is 14.4 Å². The maximum Gasteiger partial charge on any atom is 0.326 e. The maximum atomic E-state index is 13.3. The summed E-state index contributed by atoms with van der Waals surface area (Å²) in [6, 6.07) is 7.37. The van der Waals surface area contributed by atoms with Gasteiger partial charge in [-0.05, 0) is 45.8 Å². The molecule has 1 aromatic carbocycles. The van der Waals surface area contributed by atoms with Gasteiger partial charge in [-0.3, -0.25) is 9.59 Å². The number of aryl methyl sites for hydroxylation is 1. The molecule has 0 bridgehead atoms. The van der Waals surface area contributed by atoms with Crippen LogP contribution in [0.1, 0.15) is 63.6 Å². The molecule has 34 heavy (non-hydrogen) atoms. The standard InChI is InChI=1S/C26H42N4O4/c1-8-11-21(20-14-12-19(4)13-15-20)27-25(33)30-23(32)26(9-2,10-3)24(30)34-18-22(31)29(7)17-16-28(5)6/h12-15,21,24H,8-11,16-18H2,1-7H3,(H,27,33)/t21-,24?/m1/s1. The predicted octanol–water partition coefficient (Wildman–Crippen LogP) is 3.56. The van der Waals surface area contributed by atoms with Crippen molar-refractivity contribution in [3.8, 4) is 0 Å². The number of hydrogen-bond acceptors (Lipinski definition) is 5. The third-order valence-corrected chi connectivity index (χ3v) is 6.86. The van der Waals surface area contributed by atoms with Crippen molar-refractivity contribution < 1.29 is 19.1 Å². The number of likely N-dealkylation sites (N-methyl/N-ethyl adjacent to an activating group) is 2. The van der Waals surface area contributed by atoms with Crippen LogP contribution in [0.15, 0.2) is 24.3 Å². The lowest BCUT2D eigenvalue weighted by atomic mass is 9.72. The van der Waals surface area contributed by atoms with Crippen molar-refractivity contribution in [2.45, 2.75) is 65.6 Å².